The molecule has 1 aromatic carbocycles. The van der Waals surface area contributed by atoms with Gasteiger partial charge in [-0.2, -0.15) is 0 Å². The van der Waals surface area contributed by atoms with Gasteiger partial charge in [-0.25, -0.2) is 0 Å². The maximum absolute atomic E-state index is 5.84. The second-order valence-corrected chi connectivity index (χ2v) is 6.43. The van der Waals surface area contributed by atoms with E-state index < -0.39 is 0 Å². The normalized spacial score (nSPS) is 13.1. The zero-order valence-electron chi connectivity index (χ0n) is 12.3. The molecule has 0 aliphatic rings. The number of hydrogen-bond donors (Lipinski definition) is 1. The molecule has 1 aromatic heterocycles. The minimum atomic E-state index is 0.443. The lowest BCUT2D eigenvalue weighted by atomic mass is 10.00. The first kappa shape index (κ1) is 15.2. The van der Waals surface area contributed by atoms with Crippen molar-refractivity contribution in [2.75, 3.05) is 13.1 Å². The van der Waals surface area contributed by atoms with Crippen LogP contribution in [0.2, 0.25) is 0 Å². The number of nitrogens with two attached hydrogens (primary N) is 1. The molecule has 108 valence electrons. The summed E-state index contributed by atoms with van der Waals surface area (Å²) in [5.41, 5.74) is 7.19. The summed E-state index contributed by atoms with van der Waals surface area (Å²) in [5.74, 6) is 0.573. The third-order valence-corrected chi connectivity index (χ3v) is 4.45. The molecule has 0 aliphatic carbocycles. The van der Waals surface area contributed by atoms with E-state index in [2.05, 4.69) is 66.6 Å². The number of thiophene rings is 1. The lowest BCUT2D eigenvalue weighted by Crippen LogP contribution is -2.35. The van der Waals surface area contributed by atoms with Gasteiger partial charge in [-0.15, -0.1) is 11.3 Å². The van der Waals surface area contributed by atoms with Gasteiger partial charge in [0.05, 0.1) is 0 Å². The summed E-state index contributed by atoms with van der Waals surface area (Å²) >= 11 is 1.84. The van der Waals surface area contributed by atoms with E-state index in [0.29, 0.717) is 18.5 Å². The van der Waals surface area contributed by atoms with Crippen molar-refractivity contribution in [3.05, 3.63) is 58.3 Å². The van der Waals surface area contributed by atoms with Crippen molar-refractivity contribution < 1.29 is 0 Å². The van der Waals surface area contributed by atoms with Gasteiger partial charge in [0.2, 0.25) is 0 Å². The lowest BCUT2D eigenvalue weighted by molar-refractivity contribution is 0.154. The SMILES string of the molecule is CC(C)C(c1cccs1)N(CCN)Cc1ccccc1. The van der Waals surface area contributed by atoms with Crippen molar-refractivity contribution in [2.45, 2.75) is 26.4 Å². The first-order valence-electron chi connectivity index (χ1n) is 7.24. The summed E-state index contributed by atoms with van der Waals surface area (Å²) in [6.45, 7) is 7.16. The number of rotatable bonds is 7. The molecule has 2 aromatic rings. The fourth-order valence-corrected chi connectivity index (χ4v) is 3.72. The van der Waals surface area contributed by atoms with E-state index in [1.807, 2.05) is 11.3 Å². The first-order valence-corrected chi connectivity index (χ1v) is 8.11. The molecule has 0 aliphatic heterocycles. The molecule has 0 radical (unpaired) electrons. The minimum Gasteiger partial charge on any atom is -0.329 e. The Morgan fingerprint density at radius 2 is 1.85 bits per heavy atom. The topological polar surface area (TPSA) is 29.3 Å². The second kappa shape index (κ2) is 7.58. The van der Waals surface area contributed by atoms with Gasteiger partial charge in [0.25, 0.3) is 0 Å². The molecule has 0 saturated heterocycles. The molecule has 1 atom stereocenters. The van der Waals surface area contributed by atoms with Crippen molar-refractivity contribution >= 4 is 11.3 Å². The molecule has 2 N–H and O–H groups in total. The van der Waals surface area contributed by atoms with Crippen LogP contribution in [0, 0.1) is 5.92 Å². The van der Waals surface area contributed by atoms with Crippen LogP contribution in [0.15, 0.2) is 47.8 Å². The van der Waals surface area contributed by atoms with E-state index in [0.717, 1.165) is 13.1 Å². The van der Waals surface area contributed by atoms with Crippen molar-refractivity contribution in [1.29, 1.82) is 0 Å². The summed E-state index contributed by atoms with van der Waals surface area (Å²) in [6, 6.07) is 15.5. The fraction of sp³-hybridized carbons (Fsp3) is 0.412. The second-order valence-electron chi connectivity index (χ2n) is 5.45. The van der Waals surface area contributed by atoms with Gasteiger partial charge >= 0.3 is 0 Å². The van der Waals surface area contributed by atoms with Gasteiger partial charge < -0.3 is 5.73 Å². The van der Waals surface area contributed by atoms with Crippen LogP contribution in [0.5, 0.6) is 0 Å². The molecule has 0 saturated carbocycles. The number of hydrogen-bond acceptors (Lipinski definition) is 3. The summed E-state index contributed by atoms with van der Waals surface area (Å²) in [6.07, 6.45) is 0. The van der Waals surface area contributed by atoms with Gasteiger partial charge in [0, 0.05) is 30.6 Å². The van der Waals surface area contributed by atoms with Gasteiger partial charge in [-0.3, -0.25) is 4.90 Å². The van der Waals surface area contributed by atoms with Crippen LogP contribution < -0.4 is 5.73 Å². The zero-order chi connectivity index (χ0) is 14.4. The Labute approximate surface area is 126 Å². The standard InChI is InChI=1S/C17H24N2S/c1-14(2)17(16-9-6-12-20-16)19(11-10-18)13-15-7-4-3-5-8-15/h3-9,12,14,17H,10-11,13,18H2,1-2H3. The summed E-state index contributed by atoms with van der Waals surface area (Å²) in [7, 11) is 0. The molecule has 1 unspecified atom stereocenters. The smallest absolute Gasteiger partial charge is 0.0468 e. The molecule has 2 nitrogen and oxygen atoms in total. The van der Waals surface area contributed by atoms with Gasteiger partial charge in [0.1, 0.15) is 0 Å². The van der Waals surface area contributed by atoms with E-state index in [9.17, 15) is 0 Å². The molecule has 3 heteroatoms. The van der Waals surface area contributed by atoms with Crippen LogP contribution in [-0.4, -0.2) is 18.0 Å². The molecular weight excluding hydrogens is 264 g/mol. The summed E-state index contributed by atoms with van der Waals surface area (Å²) < 4.78 is 0. The number of benzene rings is 1. The van der Waals surface area contributed by atoms with E-state index in [1.165, 1.54) is 10.4 Å². The predicted molar refractivity (Wildman–Crippen MR) is 87.8 cm³/mol. The lowest BCUT2D eigenvalue weighted by Gasteiger charge is -2.33. The quantitative estimate of drug-likeness (QED) is 0.837. The monoisotopic (exact) mass is 288 g/mol. The highest BCUT2D eigenvalue weighted by Crippen LogP contribution is 2.32. The van der Waals surface area contributed by atoms with Gasteiger partial charge in [0.15, 0.2) is 0 Å². The third-order valence-electron chi connectivity index (χ3n) is 3.50. The third kappa shape index (κ3) is 3.92. The molecule has 0 spiro atoms. The maximum atomic E-state index is 5.84. The zero-order valence-corrected chi connectivity index (χ0v) is 13.1. The molecule has 20 heavy (non-hydrogen) atoms. The Kier molecular flexibility index (Phi) is 5.77. The van der Waals surface area contributed by atoms with E-state index in [1.54, 1.807) is 0 Å². The van der Waals surface area contributed by atoms with E-state index in [4.69, 9.17) is 5.73 Å². The molecule has 0 amide bonds. The van der Waals surface area contributed by atoms with Gasteiger partial charge in [-0.05, 0) is 22.9 Å². The van der Waals surface area contributed by atoms with Crippen LogP contribution in [0.1, 0.15) is 30.3 Å². The summed E-state index contributed by atoms with van der Waals surface area (Å²) in [4.78, 5) is 3.94. The number of nitrogens with zero attached hydrogens (tertiary/aromatic N) is 1. The Hall–Kier alpha value is -1.16. The predicted octanol–water partition coefficient (Wildman–Crippen LogP) is 3.91. The van der Waals surface area contributed by atoms with Crippen molar-refractivity contribution in [3.8, 4) is 0 Å². The highest BCUT2D eigenvalue weighted by atomic mass is 32.1. The van der Waals surface area contributed by atoms with Crippen LogP contribution in [0.25, 0.3) is 0 Å². The maximum Gasteiger partial charge on any atom is 0.0468 e. The molecule has 1 heterocycles. The molecule has 0 fully saturated rings. The molecular formula is C17H24N2S. The Bertz CT molecular complexity index is 479. The van der Waals surface area contributed by atoms with Crippen molar-refractivity contribution in [2.24, 2.45) is 11.7 Å². The van der Waals surface area contributed by atoms with Crippen molar-refractivity contribution in [3.63, 3.8) is 0 Å². The van der Waals surface area contributed by atoms with Crippen LogP contribution in [-0.2, 0) is 6.54 Å². The van der Waals surface area contributed by atoms with E-state index in [-0.39, 0.29) is 0 Å². The van der Waals surface area contributed by atoms with Crippen LogP contribution >= 0.6 is 11.3 Å². The fourth-order valence-electron chi connectivity index (χ4n) is 2.69. The van der Waals surface area contributed by atoms with E-state index >= 15 is 0 Å². The molecule has 2 rings (SSSR count). The first-order chi connectivity index (χ1) is 9.72. The highest BCUT2D eigenvalue weighted by Gasteiger charge is 2.24. The Morgan fingerprint density at radius 3 is 2.40 bits per heavy atom. The average Bonchev–Trinajstić information content (AvgIpc) is 2.93. The minimum absolute atomic E-state index is 0.443. The van der Waals surface area contributed by atoms with Crippen LogP contribution in [0.4, 0.5) is 0 Å². The Morgan fingerprint density at radius 1 is 1.10 bits per heavy atom. The average molecular weight is 288 g/mol. The van der Waals surface area contributed by atoms with Crippen molar-refractivity contribution in [1.82, 2.24) is 4.90 Å². The molecule has 0 bridgehead atoms. The van der Waals surface area contributed by atoms with Crippen LogP contribution in [0.3, 0.4) is 0 Å². The van der Waals surface area contributed by atoms with Gasteiger partial charge in [-0.1, -0.05) is 50.2 Å². The Balaban J connectivity index is 2.21. The summed E-state index contributed by atoms with van der Waals surface area (Å²) in [5, 5.41) is 2.16. The highest BCUT2D eigenvalue weighted by molar-refractivity contribution is 7.10. The largest absolute Gasteiger partial charge is 0.329 e.